The minimum absolute atomic E-state index is 0.113. The van der Waals surface area contributed by atoms with Gasteiger partial charge in [-0.05, 0) is 38.6 Å². The molecule has 2 fully saturated rings. The average Bonchev–Trinajstić information content (AvgIpc) is 3.39. The summed E-state index contributed by atoms with van der Waals surface area (Å²) in [5.41, 5.74) is 0.836. The molecule has 1 saturated heterocycles. The predicted octanol–water partition coefficient (Wildman–Crippen LogP) is 4.64. The number of piperidine rings is 1. The van der Waals surface area contributed by atoms with Gasteiger partial charge in [-0.25, -0.2) is 4.79 Å². The molecule has 1 aliphatic carbocycles. The molecule has 1 atom stereocenters. The van der Waals surface area contributed by atoms with Gasteiger partial charge in [0.1, 0.15) is 0 Å². The normalized spacial score (nSPS) is 21.1. The highest BCUT2D eigenvalue weighted by Crippen LogP contribution is 2.32. The summed E-state index contributed by atoms with van der Waals surface area (Å²) in [6.45, 7) is 1.91. The maximum absolute atomic E-state index is 11.8. The highest BCUT2D eigenvalue weighted by atomic mass is 16.5. The number of carbonyl (C=O) groups is 1. The SMILES string of the molecule is O=C(O)c1c(NCCC2CCCCN2C2CCCC2)noc1-c1ccccc1. The van der Waals surface area contributed by atoms with Gasteiger partial charge in [0.15, 0.2) is 17.1 Å². The molecule has 1 saturated carbocycles. The molecule has 2 N–H and O–H groups in total. The number of hydrogen-bond donors (Lipinski definition) is 2. The van der Waals surface area contributed by atoms with Crippen LogP contribution < -0.4 is 5.32 Å². The van der Waals surface area contributed by atoms with Gasteiger partial charge in [-0.3, -0.25) is 4.90 Å². The summed E-state index contributed by atoms with van der Waals surface area (Å²) in [5, 5.41) is 16.9. The molecule has 1 aromatic carbocycles. The molecule has 6 heteroatoms. The van der Waals surface area contributed by atoms with E-state index in [1.54, 1.807) is 0 Å². The average molecular weight is 383 g/mol. The van der Waals surface area contributed by atoms with E-state index in [2.05, 4.69) is 15.4 Å². The molecule has 0 amide bonds. The zero-order valence-electron chi connectivity index (χ0n) is 16.3. The molecule has 0 spiro atoms. The molecule has 6 nitrogen and oxygen atoms in total. The maximum atomic E-state index is 11.8. The van der Waals surface area contributed by atoms with Crippen LogP contribution >= 0.6 is 0 Å². The Morgan fingerprint density at radius 2 is 1.89 bits per heavy atom. The Bertz CT molecular complexity index is 784. The second-order valence-corrected chi connectivity index (χ2v) is 7.95. The lowest BCUT2D eigenvalue weighted by Gasteiger charge is -2.40. The molecule has 2 aromatic rings. The lowest BCUT2D eigenvalue weighted by Crippen LogP contribution is -2.45. The van der Waals surface area contributed by atoms with Crippen molar-refractivity contribution in [2.75, 3.05) is 18.4 Å². The number of rotatable bonds is 7. The Morgan fingerprint density at radius 3 is 2.64 bits per heavy atom. The molecule has 28 heavy (non-hydrogen) atoms. The topological polar surface area (TPSA) is 78.6 Å². The minimum atomic E-state index is -1.02. The first kappa shape index (κ1) is 19.0. The second-order valence-electron chi connectivity index (χ2n) is 7.95. The van der Waals surface area contributed by atoms with E-state index in [1.807, 2.05) is 30.3 Å². The van der Waals surface area contributed by atoms with Crippen molar-refractivity contribution in [1.82, 2.24) is 10.1 Å². The zero-order chi connectivity index (χ0) is 19.3. The van der Waals surface area contributed by atoms with Gasteiger partial charge < -0.3 is 14.9 Å². The van der Waals surface area contributed by atoms with Crippen LogP contribution in [0.1, 0.15) is 61.7 Å². The van der Waals surface area contributed by atoms with Crippen LogP contribution in [0, 0.1) is 0 Å². The van der Waals surface area contributed by atoms with Crippen molar-refractivity contribution in [3.63, 3.8) is 0 Å². The van der Waals surface area contributed by atoms with Gasteiger partial charge in [-0.2, -0.15) is 0 Å². The van der Waals surface area contributed by atoms with Crippen molar-refractivity contribution in [2.24, 2.45) is 0 Å². The van der Waals surface area contributed by atoms with E-state index in [1.165, 1.54) is 51.5 Å². The van der Waals surface area contributed by atoms with Crippen molar-refractivity contribution >= 4 is 11.8 Å². The molecule has 2 aliphatic rings. The van der Waals surface area contributed by atoms with Crippen LogP contribution in [0.3, 0.4) is 0 Å². The van der Waals surface area contributed by atoms with E-state index >= 15 is 0 Å². The fraction of sp³-hybridized carbons (Fsp3) is 0.545. The molecule has 4 rings (SSSR count). The smallest absolute Gasteiger partial charge is 0.343 e. The third kappa shape index (κ3) is 4.07. The molecular weight excluding hydrogens is 354 g/mol. The number of aromatic nitrogens is 1. The standard InChI is InChI=1S/C22H29N3O3/c26-22(27)19-20(16-8-2-1-3-9-16)28-24-21(19)23-14-13-18-12-6-7-15-25(18)17-10-4-5-11-17/h1-3,8-9,17-18H,4-7,10-15H2,(H,23,24)(H,26,27). The van der Waals surface area contributed by atoms with E-state index in [0.29, 0.717) is 24.2 Å². The summed E-state index contributed by atoms with van der Waals surface area (Å²) in [4.78, 5) is 14.5. The largest absolute Gasteiger partial charge is 0.477 e. The number of aromatic carboxylic acids is 1. The molecule has 0 bridgehead atoms. The van der Waals surface area contributed by atoms with Crippen LogP contribution in [0.2, 0.25) is 0 Å². The van der Waals surface area contributed by atoms with E-state index in [9.17, 15) is 9.90 Å². The molecule has 2 heterocycles. The Morgan fingerprint density at radius 1 is 1.14 bits per heavy atom. The van der Waals surface area contributed by atoms with E-state index in [-0.39, 0.29) is 5.56 Å². The quantitative estimate of drug-likeness (QED) is 0.725. The first-order valence-corrected chi connectivity index (χ1v) is 10.5. The van der Waals surface area contributed by atoms with Gasteiger partial charge in [0.25, 0.3) is 0 Å². The van der Waals surface area contributed by atoms with E-state index in [4.69, 9.17) is 4.52 Å². The molecule has 0 radical (unpaired) electrons. The van der Waals surface area contributed by atoms with Crippen LogP contribution in [0.5, 0.6) is 0 Å². The number of hydrogen-bond acceptors (Lipinski definition) is 5. The summed E-state index contributed by atoms with van der Waals surface area (Å²) in [6, 6.07) is 10.6. The molecule has 1 aromatic heterocycles. The predicted molar refractivity (Wildman–Crippen MR) is 109 cm³/mol. The molecular formula is C22H29N3O3. The number of nitrogens with zero attached hydrogens (tertiary/aromatic N) is 2. The van der Waals surface area contributed by atoms with Gasteiger partial charge in [-0.15, -0.1) is 0 Å². The zero-order valence-corrected chi connectivity index (χ0v) is 16.3. The number of carboxylic acids is 1. The Kier molecular flexibility index (Phi) is 5.95. The highest BCUT2D eigenvalue weighted by Gasteiger charge is 2.30. The molecule has 150 valence electrons. The Balaban J connectivity index is 1.42. The van der Waals surface area contributed by atoms with E-state index in [0.717, 1.165) is 18.0 Å². The van der Waals surface area contributed by atoms with Gasteiger partial charge in [0.2, 0.25) is 0 Å². The summed E-state index contributed by atoms with van der Waals surface area (Å²) in [5.74, 6) is -0.386. The summed E-state index contributed by atoms with van der Waals surface area (Å²) < 4.78 is 5.38. The third-order valence-corrected chi connectivity index (χ3v) is 6.18. The van der Waals surface area contributed by atoms with Crippen molar-refractivity contribution in [2.45, 2.75) is 63.5 Å². The molecule has 1 unspecified atom stereocenters. The fourth-order valence-corrected chi connectivity index (χ4v) is 4.80. The van der Waals surface area contributed by atoms with Crippen LogP contribution in [0.4, 0.5) is 5.82 Å². The number of likely N-dealkylation sites (tertiary alicyclic amines) is 1. The summed E-state index contributed by atoms with van der Waals surface area (Å²) in [6.07, 6.45) is 10.2. The van der Waals surface area contributed by atoms with Crippen molar-refractivity contribution < 1.29 is 14.4 Å². The van der Waals surface area contributed by atoms with Crippen LogP contribution in [-0.4, -0.2) is 46.3 Å². The summed E-state index contributed by atoms with van der Waals surface area (Å²) in [7, 11) is 0. The Labute approximate surface area is 165 Å². The monoisotopic (exact) mass is 383 g/mol. The van der Waals surface area contributed by atoms with E-state index < -0.39 is 5.97 Å². The lowest BCUT2D eigenvalue weighted by molar-refractivity contribution is 0.0698. The minimum Gasteiger partial charge on any atom is -0.477 e. The van der Waals surface area contributed by atoms with Crippen LogP contribution in [-0.2, 0) is 0 Å². The molecule has 1 aliphatic heterocycles. The first-order chi connectivity index (χ1) is 13.7. The number of carboxylic acid groups (broad SMARTS) is 1. The van der Waals surface area contributed by atoms with Gasteiger partial charge in [-0.1, -0.05) is 54.8 Å². The van der Waals surface area contributed by atoms with Crippen molar-refractivity contribution in [1.29, 1.82) is 0 Å². The second kappa shape index (κ2) is 8.78. The first-order valence-electron chi connectivity index (χ1n) is 10.5. The van der Waals surface area contributed by atoms with Gasteiger partial charge >= 0.3 is 5.97 Å². The highest BCUT2D eigenvalue weighted by molar-refractivity contribution is 5.99. The number of benzene rings is 1. The summed E-state index contributed by atoms with van der Waals surface area (Å²) >= 11 is 0. The number of nitrogens with one attached hydrogen (secondary N) is 1. The van der Waals surface area contributed by atoms with Gasteiger partial charge in [0.05, 0.1) is 0 Å². The lowest BCUT2D eigenvalue weighted by atomic mass is 9.96. The fourth-order valence-electron chi connectivity index (χ4n) is 4.80. The van der Waals surface area contributed by atoms with Crippen LogP contribution in [0.15, 0.2) is 34.9 Å². The third-order valence-electron chi connectivity index (χ3n) is 6.18. The van der Waals surface area contributed by atoms with Crippen molar-refractivity contribution in [3.8, 4) is 11.3 Å². The van der Waals surface area contributed by atoms with Gasteiger partial charge in [0, 0.05) is 24.2 Å². The van der Waals surface area contributed by atoms with Crippen molar-refractivity contribution in [3.05, 3.63) is 35.9 Å². The Hall–Kier alpha value is -2.34. The number of anilines is 1. The maximum Gasteiger partial charge on any atom is 0.343 e. The van der Waals surface area contributed by atoms with Crippen LogP contribution in [0.25, 0.3) is 11.3 Å².